The summed E-state index contributed by atoms with van der Waals surface area (Å²) in [5.74, 6) is -0.555. The van der Waals surface area contributed by atoms with Crippen molar-refractivity contribution >= 4 is 5.91 Å². The Morgan fingerprint density at radius 2 is 1.81 bits per heavy atom. The van der Waals surface area contributed by atoms with Crippen LogP contribution in [0.3, 0.4) is 0 Å². The molecule has 0 atom stereocenters. The second-order valence-electron chi connectivity index (χ2n) is 7.24. The summed E-state index contributed by atoms with van der Waals surface area (Å²) in [6, 6.07) is 4.11. The van der Waals surface area contributed by atoms with Crippen molar-refractivity contribution in [3.05, 3.63) is 35.4 Å². The molecule has 0 aliphatic carbocycles. The van der Waals surface area contributed by atoms with E-state index in [4.69, 9.17) is 4.74 Å². The Balaban J connectivity index is 1.60. The number of likely N-dealkylation sites (tertiary alicyclic amines) is 1. The number of piperidine rings is 1. The van der Waals surface area contributed by atoms with Crippen molar-refractivity contribution < 1.29 is 18.3 Å². The Hall–Kier alpha value is -1.53. The quantitative estimate of drug-likeness (QED) is 0.801. The van der Waals surface area contributed by atoms with Crippen LogP contribution in [0.4, 0.5) is 8.78 Å². The maximum absolute atomic E-state index is 13.9. The van der Waals surface area contributed by atoms with E-state index in [9.17, 15) is 13.6 Å². The van der Waals surface area contributed by atoms with Gasteiger partial charge in [-0.25, -0.2) is 8.78 Å². The first-order chi connectivity index (χ1) is 12.6. The Kier molecular flexibility index (Phi) is 6.59. The minimum atomic E-state index is -0.407. The molecule has 0 saturated carbocycles. The lowest BCUT2D eigenvalue weighted by molar-refractivity contribution is -0.139. The number of halogens is 2. The van der Waals surface area contributed by atoms with Crippen molar-refractivity contribution in [3.63, 3.8) is 0 Å². The van der Waals surface area contributed by atoms with Crippen LogP contribution in [-0.4, -0.2) is 54.1 Å². The summed E-state index contributed by atoms with van der Waals surface area (Å²) in [7, 11) is 0. The molecule has 2 saturated heterocycles. The van der Waals surface area contributed by atoms with Gasteiger partial charge < -0.3 is 9.64 Å². The van der Waals surface area contributed by atoms with Gasteiger partial charge >= 0.3 is 0 Å². The molecule has 0 radical (unpaired) electrons. The molecule has 1 aromatic rings. The zero-order valence-electron chi connectivity index (χ0n) is 15.4. The molecule has 26 heavy (non-hydrogen) atoms. The zero-order chi connectivity index (χ0) is 18.5. The first kappa shape index (κ1) is 19.2. The number of rotatable bonds is 5. The number of carbonyl (C=O) groups excluding carboxylic acids is 1. The molecule has 1 aromatic carbocycles. The van der Waals surface area contributed by atoms with Gasteiger partial charge in [-0.3, -0.25) is 9.69 Å². The van der Waals surface area contributed by atoms with Crippen LogP contribution in [0.1, 0.15) is 44.6 Å². The van der Waals surface area contributed by atoms with E-state index in [2.05, 4.69) is 9.80 Å². The number of benzene rings is 1. The molecule has 3 rings (SSSR count). The normalized spacial score (nSPS) is 20.3. The number of hydrogen-bond acceptors (Lipinski definition) is 3. The summed E-state index contributed by atoms with van der Waals surface area (Å²) in [5, 5.41) is 0. The third-order valence-electron chi connectivity index (χ3n) is 5.53. The van der Waals surface area contributed by atoms with E-state index in [1.165, 1.54) is 12.1 Å². The molecule has 0 N–H and O–H groups in total. The fourth-order valence-electron chi connectivity index (χ4n) is 4.11. The summed E-state index contributed by atoms with van der Waals surface area (Å²) in [5.41, 5.74) is 0.398. The van der Waals surface area contributed by atoms with Crippen molar-refractivity contribution in [1.82, 2.24) is 9.80 Å². The van der Waals surface area contributed by atoms with Crippen LogP contribution in [0, 0.1) is 11.6 Å². The highest BCUT2D eigenvalue weighted by molar-refractivity contribution is 5.76. The summed E-state index contributed by atoms with van der Waals surface area (Å²) < 4.78 is 32.7. The van der Waals surface area contributed by atoms with Gasteiger partial charge in [-0.2, -0.15) is 0 Å². The molecule has 0 bridgehead atoms. The summed E-state index contributed by atoms with van der Waals surface area (Å²) in [6.45, 7) is 5.34. The lowest BCUT2D eigenvalue weighted by Crippen LogP contribution is -2.52. The Morgan fingerprint density at radius 1 is 1.15 bits per heavy atom. The van der Waals surface area contributed by atoms with Crippen molar-refractivity contribution in [3.8, 4) is 0 Å². The molecule has 1 amide bonds. The summed E-state index contributed by atoms with van der Waals surface area (Å²) in [4.78, 5) is 16.8. The fourth-order valence-corrected chi connectivity index (χ4v) is 4.11. The van der Waals surface area contributed by atoms with E-state index in [0.29, 0.717) is 18.5 Å². The topological polar surface area (TPSA) is 32.8 Å². The Labute approximate surface area is 154 Å². The molecular formula is C20H28F2N2O2. The molecule has 6 heteroatoms. The van der Waals surface area contributed by atoms with Gasteiger partial charge in [0.1, 0.15) is 11.6 Å². The van der Waals surface area contributed by atoms with E-state index in [-0.39, 0.29) is 23.8 Å². The van der Waals surface area contributed by atoms with E-state index in [1.807, 2.05) is 6.92 Å². The third kappa shape index (κ3) is 4.60. The average Bonchev–Trinajstić information content (AvgIpc) is 2.67. The molecular weight excluding hydrogens is 338 g/mol. The van der Waals surface area contributed by atoms with Gasteiger partial charge in [0.15, 0.2) is 0 Å². The molecule has 0 spiro atoms. The molecule has 2 aliphatic heterocycles. The van der Waals surface area contributed by atoms with Crippen molar-refractivity contribution in [1.29, 1.82) is 0 Å². The molecule has 144 valence electrons. The van der Waals surface area contributed by atoms with Gasteiger partial charge in [0, 0.05) is 56.9 Å². The zero-order valence-corrected chi connectivity index (χ0v) is 15.4. The monoisotopic (exact) mass is 366 g/mol. The lowest BCUT2D eigenvalue weighted by Gasteiger charge is -2.43. The van der Waals surface area contributed by atoms with Gasteiger partial charge in [0.25, 0.3) is 0 Å². The van der Waals surface area contributed by atoms with Gasteiger partial charge in [0.2, 0.25) is 5.91 Å². The van der Waals surface area contributed by atoms with Gasteiger partial charge in [0.05, 0.1) is 0 Å². The molecule has 4 nitrogen and oxygen atoms in total. The third-order valence-corrected chi connectivity index (χ3v) is 5.53. The van der Waals surface area contributed by atoms with E-state index < -0.39 is 5.82 Å². The minimum absolute atomic E-state index is 0.214. The minimum Gasteiger partial charge on any atom is -0.381 e. The fraction of sp³-hybridized carbons (Fsp3) is 0.650. The number of nitrogens with zero attached hydrogens (tertiary/aromatic N) is 2. The van der Waals surface area contributed by atoms with Gasteiger partial charge in [-0.05, 0) is 43.9 Å². The predicted molar refractivity (Wildman–Crippen MR) is 95.6 cm³/mol. The van der Waals surface area contributed by atoms with Crippen LogP contribution in [0.2, 0.25) is 0 Å². The largest absolute Gasteiger partial charge is 0.381 e. The highest BCUT2D eigenvalue weighted by Gasteiger charge is 2.33. The lowest BCUT2D eigenvalue weighted by atomic mass is 9.97. The number of hydrogen-bond donors (Lipinski definition) is 0. The average molecular weight is 366 g/mol. The van der Waals surface area contributed by atoms with Gasteiger partial charge in [-0.1, -0.05) is 6.92 Å². The van der Waals surface area contributed by atoms with E-state index >= 15 is 0 Å². The predicted octanol–water partition coefficient (Wildman–Crippen LogP) is 3.35. The molecule has 2 heterocycles. The van der Waals surface area contributed by atoms with Crippen molar-refractivity contribution in [2.75, 3.05) is 26.3 Å². The number of amides is 1. The van der Waals surface area contributed by atoms with Crippen LogP contribution in [0.5, 0.6) is 0 Å². The molecule has 2 fully saturated rings. The first-order valence-electron chi connectivity index (χ1n) is 9.63. The van der Waals surface area contributed by atoms with Crippen LogP contribution >= 0.6 is 0 Å². The Bertz CT molecular complexity index is 612. The smallest absolute Gasteiger partial charge is 0.222 e. The SMILES string of the molecule is CCC(=O)N(C1CCOCC1)C1CCN(Cc2cc(F)ccc2F)CC1. The van der Waals surface area contributed by atoms with E-state index in [0.717, 1.165) is 58.1 Å². The summed E-state index contributed by atoms with van der Waals surface area (Å²) in [6.07, 6.45) is 4.08. The molecule has 2 aliphatic rings. The second kappa shape index (κ2) is 8.91. The second-order valence-corrected chi connectivity index (χ2v) is 7.24. The van der Waals surface area contributed by atoms with Crippen LogP contribution < -0.4 is 0 Å². The van der Waals surface area contributed by atoms with Crippen molar-refractivity contribution in [2.45, 2.75) is 57.7 Å². The maximum atomic E-state index is 13.9. The summed E-state index contributed by atoms with van der Waals surface area (Å²) >= 11 is 0. The number of ether oxygens (including phenoxy) is 1. The first-order valence-corrected chi connectivity index (χ1v) is 9.63. The Morgan fingerprint density at radius 3 is 2.46 bits per heavy atom. The van der Waals surface area contributed by atoms with Crippen LogP contribution in [0.15, 0.2) is 18.2 Å². The molecule has 0 aromatic heterocycles. The van der Waals surface area contributed by atoms with E-state index in [1.54, 1.807) is 0 Å². The van der Waals surface area contributed by atoms with Crippen molar-refractivity contribution in [2.24, 2.45) is 0 Å². The highest BCUT2D eigenvalue weighted by Crippen LogP contribution is 2.26. The van der Waals surface area contributed by atoms with Gasteiger partial charge in [-0.15, -0.1) is 0 Å². The highest BCUT2D eigenvalue weighted by atomic mass is 19.1. The standard InChI is InChI=1S/C20H28F2N2O2/c1-2-20(25)24(18-7-11-26-12-8-18)17-5-9-23(10-6-17)14-15-13-16(21)3-4-19(15)22/h3-4,13,17-18H,2,5-12,14H2,1H3. The van der Waals surface area contributed by atoms with Crippen LogP contribution in [-0.2, 0) is 16.1 Å². The maximum Gasteiger partial charge on any atom is 0.222 e. The van der Waals surface area contributed by atoms with Crippen LogP contribution in [0.25, 0.3) is 0 Å². The molecule has 0 unspecified atom stereocenters. The number of carbonyl (C=O) groups is 1.